The normalized spacial score (nSPS) is 12.3. The number of methoxy groups -OCH3 is 1. The molecule has 0 aliphatic rings. The lowest BCUT2D eigenvalue weighted by Gasteiger charge is -2.15. The van der Waals surface area contributed by atoms with Crippen LogP contribution in [0, 0.1) is 12.7 Å². The minimum absolute atomic E-state index is 0.210. The van der Waals surface area contributed by atoms with Gasteiger partial charge in [0.1, 0.15) is 0 Å². The molecular formula is C15H12Br2ClFO. The van der Waals surface area contributed by atoms with E-state index in [9.17, 15) is 4.39 Å². The van der Waals surface area contributed by atoms with Crippen molar-refractivity contribution in [2.45, 2.75) is 12.3 Å². The third-order valence-electron chi connectivity index (χ3n) is 3.02. The third-order valence-corrected chi connectivity index (χ3v) is 5.05. The first-order valence-corrected chi connectivity index (χ1v) is 7.89. The van der Waals surface area contributed by atoms with Gasteiger partial charge in [-0.25, -0.2) is 4.39 Å². The summed E-state index contributed by atoms with van der Waals surface area (Å²) < 4.78 is 20.5. The van der Waals surface area contributed by atoms with Crippen molar-refractivity contribution >= 4 is 43.5 Å². The molecule has 0 bridgehead atoms. The molecule has 0 spiro atoms. The van der Waals surface area contributed by atoms with Crippen molar-refractivity contribution in [2.75, 3.05) is 7.11 Å². The summed E-state index contributed by atoms with van der Waals surface area (Å²) in [4.78, 5) is 0. The van der Waals surface area contributed by atoms with Gasteiger partial charge in [-0.1, -0.05) is 37.9 Å². The zero-order valence-corrected chi connectivity index (χ0v) is 14.8. The van der Waals surface area contributed by atoms with Gasteiger partial charge in [-0.05, 0) is 47.9 Å². The molecule has 5 heteroatoms. The number of halogens is 4. The van der Waals surface area contributed by atoms with Gasteiger partial charge >= 0.3 is 0 Å². The van der Waals surface area contributed by atoms with E-state index in [4.69, 9.17) is 16.3 Å². The number of ether oxygens (including phenoxy) is 1. The maximum Gasteiger partial charge on any atom is 0.165 e. The smallest absolute Gasteiger partial charge is 0.165 e. The van der Waals surface area contributed by atoms with Gasteiger partial charge in [-0.2, -0.15) is 0 Å². The van der Waals surface area contributed by atoms with E-state index in [2.05, 4.69) is 31.9 Å². The molecule has 1 atom stereocenters. The first-order valence-electron chi connectivity index (χ1n) is 5.87. The van der Waals surface area contributed by atoms with E-state index in [1.165, 1.54) is 13.2 Å². The number of rotatable bonds is 3. The number of alkyl halides is 1. The molecule has 20 heavy (non-hydrogen) atoms. The quantitative estimate of drug-likeness (QED) is 0.552. The molecule has 1 nitrogen and oxygen atoms in total. The maximum absolute atomic E-state index is 13.8. The molecule has 0 saturated carbocycles. The van der Waals surface area contributed by atoms with Crippen LogP contribution in [0.2, 0.25) is 0 Å². The Morgan fingerprint density at radius 1 is 1.15 bits per heavy atom. The van der Waals surface area contributed by atoms with Crippen LogP contribution in [0.1, 0.15) is 22.1 Å². The van der Waals surface area contributed by atoms with Crippen LogP contribution in [0.3, 0.4) is 0 Å². The van der Waals surface area contributed by atoms with Crippen molar-refractivity contribution in [3.8, 4) is 5.75 Å². The zero-order valence-electron chi connectivity index (χ0n) is 10.9. The van der Waals surface area contributed by atoms with Crippen molar-refractivity contribution in [3.05, 3.63) is 61.8 Å². The molecular weight excluding hydrogens is 410 g/mol. The number of hydrogen-bond acceptors (Lipinski definition) is 1. The maximum atomic E-state index is 13.8. The lowest BCUT2D eigenvalue weighted by molar-refractivity contribution is 0.386. The van der Waals surface area contributed by atoms with E-state index in [0.29, 0.717) is 5.56 Å². The van der Waals surface area contributed by atoms with Gasteiger partial charge in [-0.15, -0.1) is 11.6 Å². The summed E-state index contributed by atoms with van der Waals surface area (Å²) in [6.45, 7) is 1.99. The van der Waals surface area contributed by atoms with Crippen LogP contribution in [-0.4, -0.2) is 7.11 Å². The molecule has 0 aliphatic heterocycles. The third kappa shape index (κ3) is 3.18. The van der Waals surface area contributed by atoms with E-state index in [0.717, 1.165) is 20.1 Å². The van der Waals surface area contributed by atoms with Gasteiger partial charge in [-0.3, -0.25) is 0 Å². The van der Waals surface area contributed by atoms with E-state index >= 15 is 0 Å². The van der Waals surface area contributed by atoms with Crippen molar-refractivity contribution in [1.29, 1.82) is 0 Å². The summed E-state index contributed by atoms with van der Waals surface area (Å²) in [6, 6.07) is 8.67. The Morgan fingerprint density at radius 3 is 2.45 bits per heavy atom. The fraction of sp³-hybridized carbons (Fsp3) is 0.200. The van der Waals surface area contributed by atoms with Gasteiger partial charge < -0.3 is 4.74 Å². The molecule has 0 aromatic heterocycles. The van der Waals surface area contributed by atoms with E-state index < -0.39 is 11.2 Å². The Hall–Kier alpha value is -0.580. The van der Waals surface area contributed by atoms with E-state index in [1.54, 1.807) is 12.1 Å². The first kappa shape index (κ1) is 15.8. The lowest BCUT2D eigenvalue weighted by atomic mass is 10.0. The van der Waals surface area contributed by atoms with Crippen LogP contribution in [0.4, 0.5) is 4.39 Å². The Bertz CT molecular complexity index is 646. The van der Waals surface area contributed by atoms with Crippen LogP contribution < -0.4 is 4.74 Å². The summed E-state index contributed by atoms with van der Waals surface area (Å²) in [7, 11) is 1.43. The predicted molar refractivity (Wildman–Crippen MR) is 87.2 cm³/mol. The molecule has 0 N–H and O–H groups in total. The van der Waals surface area contributed by atoms with E-state index in [-0.39, 0.29) is 5.75 Å². The minimum Gasteiger partial charge on any atom is -0.494 e. The molecule has 0 aliphatic carbocycles. The first-order chi connectivity index (χ1) is 9.43. The SMILES string of the molecule is COc1ccc(C(Cl)c2cc(Br)c(C)cc2Br)cc1F. The monoisotopic (exact) mass is 420 g/mol. The summed E-state index contributed by atoms with van der Waals surface area (Å²) >= 11 is 13.5. The van der Waals surface area contributed by atoms with Crippen LogP contribution in [0.15, 0.2) is 39.3 Å². The van der Waals surface area contributed by atoms with Crippen LogP contribution in [0.5, 0.6) is 5.75 Å². The summed E-state index contributed by atoms with van der Waals surface area (Å²) in [5.74, 6) is -0.209. The van der Waals surface area contributed by atoms with E-state index in [1.807, 2.05) is 19.1 Å². The molecule has 0 saturated heterocycles. The Kier molecular flexibility index (Phi) is 5.10. The second kappa shape index (κ2) is 6.46. The molecule has 2 aromatic rings. The molecule has 0 amide bonds. The second-order valence-electron chi connectivity index (χ2n) is 4.38. The predicted octanol–water partition coefficient (Wildman–Crippen LogP) is 6.00. The number of hydrogen-bond donors (Lipinski definition) is 0. The van der Waals surface area contributed by atoms with Gasteiger partial charge in [0.15, 0.2) is 11.6 Å². The average molecular weight is 423 g/mol. The molecule has 0 heterocycles. The highest BCUT2D eigenvalue weighted by Gasteiger charge is 2.17. The fourth-order valence-electron chi connectivity index (χ4n) is 1.88. The van der Waals surface area contributed by atoms with Gasteiger partial charge in [0.25, 0.3) is 0 Å². The van der Waals surface area contributed by atoms with Crippen molar-refractivity contribution < 1.29 is 9.13 Å². The highest BCUT2D eigenvalue weighted by molar-refractivity contribution is 9.11. The van der Waals surface area contributed by atoms with Crippen LogP contribution >= 0.6 is 43.5 Å². The van der Waals surface area contributed by atoms with Crippen molar-refractivity contribution in [2.24, 2.45) is 0 Å². The molecule has 106 valence electrons. The van der Waals surface area contributed by atoms with Gasteiger partial charge in [0.2, 0.25) is 0 Å². The fourth-order valence-corrected chi connectivity index (χ4v) is 3.37. The molecule has 2 aromatic carbocycles. The summed E-state index contributed by atoms with van der Waals surface area (Å²) in [5, 5.41) is -0.443. The van der Waals surface area contributed by atoms with Gasteiger partial charge in [0.05, 0.1) is 12.5 Å². The lowest BCUT2D eigenvalue weighted by Crippen LogP contribution is -1.98. The Labute approximate surface area is 139 Å². The Morgan fingerprint density at radius 2 is 1.85 bits per heavy atom. The molecule has 0 radical (unpaired) electrons. The standard InChI is InChI=1S/C15H12Br2ClFO/c1-8-5-12(17)10(7-11(8)16)15(18)9-3-4-14(20-2)13(19)6-9/h3-7,15H,1-2H3. The summed E-state index contributed by atoms with van der Waals surface area (Å²) in [5.41, 5.74) is 2.67. The highest BCUT2D eigenvalue weighted by Crippen LogP contribution is 2.37. The number of aryl methyl sites for hydroxylation is 1. The van der Waals surface area contributed by atoms with Crippen LogP contribution in [0.25, 0.3) is 0 Å². The van der Waals surface area contributed by atoms with Crippen molar-refractivity contribution in [3.63, 3.8) is 0 Å². The van der Waals surface area contributed by atoms with Gasteiger partial charge in [0, 0.05) is 8.95 Å². The van der Waals surface area contributed by atoms with Crippen molar-refractivity contribution in [1.82, 2.24) is 0 Å². The largest absolute Gasteiger partial charge is 0.494 e. The topological polar surface area (TPSA) is 9.23 Å². The number of benzene rings is 2. The molecule has 0 fully saturated rings. The Balaban J connectivity index is 2.43. The van der Waals surface area contributed by atoms with Crippen LogP contribution in [-0.2, 0) is 0 Å². The molecule has 2 rings (SSSR count). The highest BCUT2D eigenvalue weighted by atomic mass is 79.9. The minimum atomic E-state index is -0.443. The molecule has 1 unspecified atom stereocenters. The second-order valence-corrected chi connectivity index (χ2v) is 6.52. The summed E-state index contributed by atoms with van der Waals surface area (Å²) in [6.07, 6.45) is 0. The zero-order chi connectivity index (χ0) is 14.9. The average Bonchev–Trinajstić information content (AvgIpc) is 2.42.